The van der Waals surface area contributed by atoms with Gasteiger partial charge in [-0.15, -0.1) is 0 Å². The number of hydrogen-bond acceptors (Lipinski definition) is 3. The van der Waals surface area contributed by atoms with Gasteiger partial charge in [-0.1, -0.05) is 0 Å². The van der Waals surface area contributed by atoms with Crippen LogP contribution in [0.15, 0.2) is 42.7 Å². The standard InChI is InChI=1S/C16H20N4O/c1-16(9-2-3-10-17-16)15(21)19-13-5-7-14(8-6-13)20-12-4-11-18-20/h4-8,11-12,17H,2-3,9-10H2,1H3,(H,19,21). The van der Waals surface area contributed by atoms with Crippen LogP contribution in [0.5, 0.6) is 0 Å². The first-order chi connectivity index (χ1) is 10.2. The molecule has 1 aliphatic heterocycles. The number of anilines is 1. The minimum atomic E-state index is -0.459. The number of amides is 1. The number of nitrogens with one attached hydrogen (secondary N) is 2. The Kier molecular flexibility index (Phi) is 3.75. The molecule has 2 aromatic rings. The summed E-state index contributed by atoms with van der Waals surface area (Å²) in [5.74, 6) is 0.0361. The Balaban J connectivity index is 1.69. The lowest BCUT2D eigenvalue weighted by Crippen LogP contribution is -2.54. The molecule has 5 heteroatoms. The summed E-state index contributed by atoms with van der Waals surface area (Å²) in [6.45, 7) is 2.88. The molecular weight excluding hydrogens is 264 g/mol. The molecule has 2 heterocycles. The van der Waals surface area contributed by atoms with E-state index in [-0.39, 0.29) is 5.91 Å². The minimum Gasteiger partial charge on any atom is -0.324 e. The normalized spacial score (nSPS) is 22.0. The Morgan fingerprint density at radius 1 is 1.33 bits per heavy atom. The summed E-state index contributed by atoms with van der Waals surface area (Å²) in [5.41, 5.74) is 1.32. The van der Waals surface area contributed by atoms with Gasteiger partial charge < -0.3 is 10.6 Å². The first-order valence-electron chi connectivity index (χ1n) is 7.34. The predicted molar refractivity (Wildman–Crippen MR) is 82.5 cm³/mol. The quantitative estimate of drug-likeness (QED) is 0.909. The lowest BCUT2D eigenvalue weighted by Gasteiger charge is -2.33. The number of carbonyl (C=O) groups is 1. The molecule has 0 aliphatic carbocycles. The van der Waals surface area contributed by atoms with E-state index in [1.54, 1.807) is 10.9 Å². The second-order valence-corrected chi connectivity index (χ2v) is 5.67. The fourth-order valence-electron chi connectivity index (χ4n) is 2.64. The number of piperidine rings is 1. The lowest BCUT2D eigenvalue weighted by atomic mass is 9.90. The SMILES string of the molecule is CC1(C(=O)Nc2ccc(-n3cccn3)cc2)CCCCN1. The molecule has 0 bridgehead atoms. The maximum absolute atomic E-state index is 12.4. The van der Waals surface area contributed by atoms with E-state index in [0.29, 0.717) is 0 Å². The average Bonchev–Trinajstić information content (AvgIpc) is 3.03. The van der Waals surface area contributed by atoms with E-state index in [4.69, 9.17) is 0 Å². The fraction of sp³-hybridized carbons (Fsp3) is 0.375. The second-order valence-electron chi connectivity index (χ2n) is 5.67. The smallest absolute Gasteiger partial charge is 0.244 e. The molecule has 1 fully saturated rings. The van der Waals surface area contributed by atoms with Crippen molar-refractivity contribution in [1.29, 1.82) is 0 Å². The molecule has 1 aliphatic rings. The molecule has 0 saturated carbocycles. The van der Waals surface area contributed by atoms with E-state index >= 15 is 0 Å². The topological polar surface area (TPSA) is 59.0 Å². The first kappa shape index (κ1) is 13.8. The van der Waals surface area contributed by atoms with Gasteiger partial charge in [0.1, 0.15) is 0 Å². The van der Waals surface area contributed by atoms with Crippen molar-refractivity contribution in [3.8, 4) is 5.69 Å². The zero-order valence-corrected chi connectivity index (χ0v) is 12.2. The molecule has 5 nitrogen and oxygen atoms in total. The van der Waals surface area contributed by atoms with E-state index in [1.807, 2.05) is 43.5 Å². The monoisotopic (exact) mass is 284 g/mol. The Labute approximate surface area is 124 Å². The molecule has 1 amide bonds. The van der Waals surface area contributed by atoms with Crippen molar-refractivity contribution in [2.24, 2.45) is 0 Å². The van der Waals surface area contributed by atoms with Crippen LogP contribution in [0, 0.1) is 0 Å². The first-order valence-corrected chi connectivity index (χ1v) is 7.34. The molecular formula is C16H20N4O. The highest BCUT2D eigenvalue weighted by molar-refractivity contribution is 5.97. The van der Waals surface area contributed by atoms with E-state index < -0.39 is 5.54 Å². The predicted octanol–water partition coefficient (Wildman–Crippen LogP) is 2.34. The minimum absolute atomic E-state index is 0.0361. The Morgan fingerprint density at radius 3 is 2.76 bits per heavy atom. The van der Waals surface area contributed by atoms with Crippen LogP contribution < -0.4 is 10.6 Å². The molecule has 1 saturated heterocycles. The van der Waals surface area contributed by atoms with Crippen LogP contribution in [0.25, 0.3) is 5.69 Å². The number of hydrogen-bond donors (Lipinski definition) is 2. The highest BCUT2D eigenvalue weighted by Crippen LogP contribution is 2.21. The summed E-state index contributed by atoms with van der Waals surface area (Å²) in [5, 5.41) is 10.5. The maximum atomic E-state index is 12.4. The zero-order chi connectivity index (χ0) is 14.7. The Morgan fingerprint density at radius 2 is 2.14 bits per heavy atom. The van der Waals surface area contributed by atoms with Crippen molar-refractivity contribution < 1.29 is 4.79 Å². The summed E-state index contributed by atoms with van der Waals surface area (Å²) in [4.78, 5) is 12.4. The van der Waals surface area contributed by atoms with Gasteiger partial charge in [-0.2, -0.15) is 5.10 Å². The lowest BCUT2D eigenvalue weighted by molar-refractivity contribution is -0.122. The molecule has 0 radical (unpaired) electrons. The van der Waals surface area contributed by atoms with E-state index in [9.17, 15) is 4.79 Å². The van der Waals surface area contributed by atoms with Gasteiger partial charge in [0.25, 0.3) is 0 Å². The van der Waals surface area contributed by atoms with Crippen molar-refractivity contribution in [2.75, 3.05) is 11.9 Å². The van der Waals surface area contributed by atoms with Crippen LogP contribution in [-0.2, 0) is 4.79 Å². The fourth-order valence-corrected chi connectivity index (χ4v) is 2.64. The van der Waals surface area contributed by atoms with Gasteiger partial charge in [-0.3, -0.25) is 4.79 Å². The molecule has 1 aromatic carbocycles. The number of carbonyl (C=O) groups excluding carboxylic acids is 1. The van der Waals surface area contributed by atoms with Crippen LogP contribution in [-0.4, -0.2) is 27.8 Å². The summed E-state index contributed by atoms with van der Waals surface area (Å²) in [6.07, 6.45) is 6.74. The molecule has 2 N–H and O–H groups in total. The average molecular weight is 284 g/mol. The molecule has 110 valence electrons. The van der Waals surface area contributed by atoms with Crippen molar-refractivity contribution >= 4 is 11.6 Å². The zero-order valence-electron chi connectivity index (χ0n) is 12.2. The summed E-state index contributed by atoms with van der Waals surface area (Å²) in [6, 6.07) is 9.58. The Bertz CT molecular complexity index is 598. The van der Waals surface area contributed by atoms with E-state index in [0.717, 1.165) is 37.2 Å². The Hall–Kier alpha value is -2.14. The summed E-state index contributed by atoms with van der Waals surface area (Å²) >= 11 is 0. The van der Waals surface area contributed by atoms with Gasteiger partial charge >= 0.3 is 0 Å². The van der Waals surface area contributed by atoms with Gasteiger partial charge in [0.2, 0.25) is 5.91 Å². The third-order valence-corrected chi connectivity index (χ3v) is 4.01. The van der Waals surface area contributed by atoms with Gasteiger partial charge in [0.05, 0.1) is 11.2 Å². The number of nitrogens with zero attached hydrogens (tertiary/aromatic N) is 2. The molecule has 1 unspecified atom stereocenters. The maximum Gasteiger partial charge on any atom is 0.244 e. The molecule has 3 rings (SSSR count). The van der Waals surface area contributed by atoms with Gasteiger partial charge in [-0.05, 0) is 63.1 Å². The van der Waals surface area contributed by atoms with E-state index in [1.165, 1.54) is 0 Å². The number of aromatic nitrogens is 2. The molecule has 1 aromatic heterocycles. The van der Waals surface area contributed by atoms with Gasteiger partial charge in [0, 0.05) is 18.1 Å². The van der Waals surface area contributed by atoms with Crippen molar-refractivity contribution in [2.45, 2.75) is 31.7 Å². The van der Waals surface area contributed by atoms with Crippen molar-refractivity contribution in [1.82, 2.24) is 15.1 Å². The highest BCUT2D eigenvalue weighted by atomic mass is 16.2. The molecule has 0 spiro atoms. The van der Waals surface area contributed by atoms with Gasteiger partial charge in [-0.25, -0.2) is 4.68 Å². The van der Waals surface area contributed by atoms with E-state index in [2.05, 4.69) is 15.7 Å². The summed E-state index contributed by atoms with van der Waals surface area (Å²) < 4.78 is 1.79. The third-order valence-electron chi connectivity index (χ3n) is 4.01. The van der Waals surface area contributed by atoms with Crippen molar-refractivity contribution in [3.05, 3.63) is 42.7 Å². The van der Waals surface area contributed by atoms with Gasteiger partial charge in [0.15, 0.2) is 0 Å². The third kappa shape index (κ3) is 2.97. The van der Waals surface area contributed by atoms with Crippen molar-refractivity contribution in [3.63, 3.8) is 0 Å². The highest BCUT2D eigenvalue weighted by Gasteiger charge is 2.34. The van der Waals surface area contributed by atoms with Crippen LogP contribution >= 0.6 is 0 Å². The molecule has 1 atom stereocenters. The second kappa shape index (κ2) is 5.69. The number of rotatable bonds is 3. The van der Waals surface area contributed by atoms with Crippen LogP contribution in [0.1, 0.15) is 26.2 Å². The summed E-state index contributed by atoms with van der Waals surface area (Å²) in [7, 11) is 0. The number of benzene rings is 1. The van der Waals surface area contributed by atoms with Crippen LogP contribution in [0.2, 0.25) is 0 Å². The van der Waals surface area contributed by atoms with Crippen LogP contribution in [0.3, 0.4) is 0 Å². The van der Waals surface area contributed by atoms with Crippen LogP contribution in [0.4, 0.5) is 5.69 Å². The molecule has 21 heavy (non-hydrogen) atoms. The largest absolute Gasteiger partial charge is 0.324 e.